The molecule has 5 aromatic rings. The fourth-order valence-electron chi connectivity index (χ4n) is 5.04. The van der Waals surface area contributed by atoms with Crippen molar-refractivity contribution in [3.05, 3.63) is 124 Å². The number of carbonyl (C=O) groups is 2. The predicted octanol–water partition coefficient (Wildman–Crippen LogP) is 5.18. The first kappa shape index (κ1) is 26.2. The summed E-state index contributed by atoms with van der Waals surface area (Å²) in [4.78, 5) is 43.2. The summed E-state index contributed by atoms with van der Waals surface area (Å²) in [5, 5.41) is 3.23. The molecule has 1 aliphatic carbocycles. The van der Waals surface area contributed by atoms with Gasteiger partial charge in [-0.15, -0.1) is 0 Å². The lowest BCUT2D eigenvalue weighted by molar-refractivity contribution is 0.0471. The Morgan fingerprint density at radius 2 is 1.49 bits per heavy atom. The van der Waals surface area contributed by atoms with Crippen molar-refractivity contribution in [3.8, 4) is 11.1 Å². The zero-order chi connectivity index (χ0) is 28.7. The standard InChI is InChI=1S/C31H22N2O7S/c1-39-41(37,38)23-16-22(32-19-12-6-3-7-13-19)25-26-24(20-14-8-9-15-21(20)29(25)34)27(30(35)33-28(23)26)31(36)40-17-18-10-4-2-5-11-18/h2-16,32H,17H2,1H3,(H,33,35). The molecule has 0 saturated heterocycles. The molecule has 0 radical (unpaired) electrons. The maximum atomic E-state index is 14.0. The number of pyridine rings is 1. The molecule has 1 aromatic heterocycles. The number of rotatable bonds is 7. The molecule has 2 N–H and O–H groups in total. The number of fused-ring (bicyclic) bond motifs is 2. The monoisotopic (exact) mass is 566 g/mol. The molecule has 1 heterocycles. The third-order valence-corrected chi connectivity index (χ3v) is 8.18. The van der Waals surface area contributed by atoms with Gasteiger partial charge in [-0.1, -0.05) is 72.8 Å². The molecule has 1 aliphatic rings. The number of esters is 1. The minimum absolute atomic E-state index is 0.0940. The zero-order valence-electron chi connectivity index (χ0n) is 21.6. The Morgan fingerprint density at radius 3 is 2.17 bits per heavy atom. The summed E-state index contributed by atoms with van der Waals surface area (Å²) < 4.78 is 36.6. The van der Waals surface area contributed by atoms with Crippen LogP contribution in [0.25, 0.3) is 22.0 Å². The number of anilines is 2. The SMILES string of the molecule is COS(=O)(=O)c1cc(Nc2ccccc2)c2c3c(c(C(=O)OCc4ccccc4)c(=O)[nH]c13)-c1ccccc1C2=O. The summed E-state index contributed by atoms with van der Waals surface area (Å²) in [5.41, 5.74) is 0.878. The fourth-order valence-corrected chi connectivity index (χ4v) is 5.88. The highest BCUT2D eigenvalue weighted by Gasteiger charge is 2.36. The molecule has 204 valence electrons. The molecule has 4 aromatic carbocycles. The van der Waals surface area contributed by atoms with Crippen LogP contribution in [0.5, 0.6) is 0 Å². The van der Waals surface area contributed by atoms with Crippen LogP contribution >= 0.6 is 0 Å². The van der Waals surface area contributed by atoms with Crippen LogP contribution < -0.4 is 10.9 Å². The van der Waals surface area contributed by atoms with E-state index in [-0.39, 0.29) is 50.3 Å². The highest BCUT2D eigenvalue weighted by atomic mass is 32.2. The molecule has 0 amide bonds. The number of nitrogens with one attached hydrogen (secondary N) is 2. The molecular formula is C31H22N2O7S. The molecular weight excluding hydrogens is 544 g/mol. The molecule has 10 heteroatoms. The van der Waals surface area contributed by atoms with Crippen molar-refractivity contribution in [2.24, 2.45) is 0 Å². The summed E-state index contributed by atoms with van der Waals surface area (Å²) >= 11 is 0. The van der Waals surface area contributed by atoms with Gasteiger partial charge in [0.15, 0.2) is 5.78 Å². The lowest BCUT2D eigenvalue weighted by Gasteiger charge is -2.25. The van der Waals surface area contributed by atoms with Crippen LogP contribution in [0.15, 0.2) is 101 Å². The van der Waals surface area contributed by atoms with Crippen molar-refractivity contribution >= 4 is 44.1 Å². The molecule has 0 bridgehead atoms. The highest BCUT2D eigenvalue weighted by molar-refractivity contribution is 7.87. The minimum Gasteiger partial charge on any atom is -0.457 e. The number of ketones is 1. The molecule has 0 atom stereocenters. The molecule has 9 nitrogen and oxygen atoms in total. The number of aromatic amines is 1. The van der Waals surface area contributed by atoms with E-state index in [2.05, 4.69) is 10.3 Å². The fraction of sp³-hybridized carbons (Fsp3) is 0.0645. The first-order valence-electron chi connectivity index (χ1n) is 12.5. The van der Waals surface area contributed by atoms with E-state index in [0.717, 1.165) is 7.11 Å². The summed E-state index contributed by atoms with van der Waals surface area (Å²) in [6, 6.07) is 25.6. The maximum absolute atomic E-state index is 14.0. The number of hydrogen-bond donors (Lipinski definition) is 2. The van der Waals surface area contributed by atoms with Gasteiger partial charge in [0.25, 0.3) is 15.7 Å². The second-order valence-electron chi connectivity index (χ2n) is 9.30. The minimum atomic E-state index is -4.39. The van der Waals surface area contributed by atoms with E-state index < -0.39 is 27.4 Å². The number of aromatic nitrogens is 1. The van der Waals surface area contributed by atoms with Gasteiger partial charge in [0.2, 0.25) is 0 Å². The van der Waals surface area contributed by atoms with Gasteiger partial charge in [-0.05, 0) is 29.3 Å². The number of ether oxygens (including phenoxy) is 1. The van der Waals surface area contributed by atoms with Crippen LogP contribution in [-0.2, 0) is 25.6 Å². The van der Waals surface area contributed by atoms with E-state index in [1.807, 2.05) is 12.1 Å². The van der Waals surface area contributed by atoms with Gasteiger partial charge >= 0.3 is 5.97 Å². The van der Waals surface area contributed by atoms with Crippen LogP contribution in [0.3, 0.4) is 0 Å². The molecule has 0 fully saturated rings. The Kier molecular flexibility index (Phi) is 6.49. The van der Waals surface area contributed by atoms with E-state index in [0.29, 0.717) is 16.8 Å². The smallest absolute Gasteiger partial charge is 0.344 e. The van der Waals surface area contributed by atoms with Crippen LogP contribution in [0.2, 0.25) is 0 Å². The molecule has 41 heavy (non-hydrogen) atoms. The Hall–Kier alpha value is -5.06. The van der Waals surface area contributed by atoms with Crippen molar-refractivity contribution in [3.63, 3.8) is 0 Å². The van der Waals surface area contributed by atoms with Crippen molar-refractivity contribution in [1.29, 1.82) is 0 Å². The van der Waals surface area contributed by atoms with Gasteiger partial charge in [0, 0.05) is 22.2 Å². The number of hydrogen-bond acceptors (Lipinski definition) is 8. The van der Waals surface area contributed by atoms with Gasteiger partial charge in [-0.25, -0.2) is 4.79 Å². The lowest BCUT2D eigenvalue weighted by Crippen LogP contribution is -2.26. The molecule has 0 unspecified atom stereocenters. The molecule has 0 saturated carbocycles. The second-order valence-corrected chi connectivity index (χ2v) is 11.0. The summed E-state index contributed by atoms with van der Waals surface area (Å²) in [6.45, 7) is -0.0943. The van der Waals surface area contributed by atoms with Gasteiger partial charge in [-0.3, -0.25) is 13.8 Å². The van der Waals surface area contributed by atoms with E-state index in [1.54, 1.807) is 72.8 Å². The van der Waals surface area contributed by atoms with Crippen LogP contribution in [0.4, 0.5) is 11.4 Å². The van der Waals surface area contributed by atoms with Crippen LogP contribution in [0, 0.1) is 0 Å². The lowest BCUT2D eigenvalue weighted by atomic mass is 9.81. The third-order valence-electron chi connectivity index (χ3n) is 6.88. The Morgan fingerprint density at radius 1 is 0.854 bits per heavy atom. The van der Waals surface area contributed by atoms with Gasteiger partial charge in [0.05, 0.1) is 23.9 Å². The first-order valence-corrected chi connectivity index (χ1v) is 14.0. The van der Waals surface area contributed by atoms with Crippen molar-refractivity contribution < 1.29 is 26.9 Å². The largest absolute Gasteiger partial charge is 0.457 e. The summed E-state index contributed by atoms with van der Waals surface area (Å²) in [5.74, 6) is -1.33. The van der Waals surface area contributed by atoms with E-state index in [1.165, 1.54) is 6.07 Å². The number of H-pyrrole nitrogens is 1. The number of para-hydroxylation sites is 1. The average molecular weight is 567 g/mol. The Labute approximate surface area is 234 Å². The van der Waals surface area contributed by atoms with E-state index >= 15 is 0 Å². The van der Waals surface area contributed by atoms with Crippen LogP contribution in [-0.4, -0.2) is 32.3 Å². The molecule has 0 aliphatic heterocycles. The summed E-state index contributed by atoms with van der Waals surface area (Å²) in [6.07, 6.45) is 0. The Balaban J connectivity index is 1.69. The maximum Gasteiger partial charge on any atom is 0.344 e. The highest BCUT2D eigenvalue weighted by Crippen LogP contribution is 2.45. The summed E-state index contributed by atoms with van der Waals surface area (Å²) in [7, 11) is -3.39. The normalized spacial score (nSPS) is 12.2. The van der Waals surface area contributed by atoms with Crippen molar-refractivity contribution in [2.45, 2.75) is 11.5 Å². The first-order chi connectivity index (χ1) is 19.8. The Bertz CT molecular complexity index is 2020. The topological polar surface area (TPSA) is 132 Å². The predicted molar refractivity (Wildman–Crippen MR) is 153 cm³/mol. The zero-order valence-corrected chi connectivity index (χ0v) is 22.4. The average Bonchev–Trinajstić information content (AvgIpc) is 2.99. The van der Waals surface area contributed by atoms with Crippen LogP contribution in [0.1, 0.15) is 31.8 Å². The van der Waals surface area contributed by atoms with Gasteiger partial charge in [0.1, 0.15) is 17.1 Å². The number of benzene rings is 4. The number of carbonyl (C=O) groups excluding carboxylic acids is 2. The van der Waals surface area contributed by atoms with Gasteiger partial charge < -0.3 is 15.0 Å². The quantitative estimate of drug-likeness (QED) is 0.200. The molecule has 0 spiro atoms. The second kappa shape index (κ2) is 10.2. The third kappa shape index (κ3) is 4.48. The molecule has 6 rings (SSSR count). The van der Waals surface area contributed by atoms with Crippen molar-refractivity contribution in [1.82, 2.24) is 4.98 Å². The van der Waals surface area contributed by atoms with Gasteiger partial charge in [-0.2, -0.15) is 8.42 Å². The van der Waals surface area contributed by atoms with Crippen molar-refractivity contribution in [2.75, 3.05) is 12.4 Å². The van der Waals surface area contributed by atoms with E-state index in [9.17, 15) is 22.8 Å². The van der Waals surface area contributed by atoms with E-state index in [4.69, 9.17) is 8.92 Å².